The average Bonchev–Trinajstić information content (AvgIpc) is 3.02. The summed E-state index contributed by atoms with van der Waals surface area (Å²) in [7, 11) is 1.67. The number of ether oxygens (including phenoxy) is 1. The van der Waals surface area contributed by atoms with Gasteiger partial charge in [0.2, 0.25) is 0 Å². The first-order chi connectivity index (χ1) is 11.7. The summed E-state index contributed by atoms with van der Waals surface area (Å²) >= 11 is 4.09. The topological polar surface area (TPSA) is 56.2 Å². The van der Waals surface area contributed by atoms with E-state index in [0.29, 0.717) is 24.4 Å². The normalized spacial score (nSPS) is 10.8. The number of amides is 1. The van der Waals surface area contributed by atoms with Gasteiger partial charge in [0.15, 0.2) is 0 Å². The van der Waals surface area contributed by atoms with Crippen LogP contribution in [0.3, 0.4) is 0 Å². The summed E-state index contributed by atoms with van der Waals surface area (Å²) in [4.78, 5) is 16.5. The third-order valence-electron chi connectivity index (χ3n) is 3.81. The van der Waals surface area contributed by atoms with Crippen molar-refractivity contribution in [1.82, 2.24) is 14.9 Å². The van der Waals surface area contributed by atoms with Gasteiger partial charge in [0.25, 0.3) is 5.91 Å². The van der Waals surface area contributed by atoms with E-state index in [-0.39, 0.29) is 5.91 Å². The third-order valence-corrected chi connectivity index (χ3v) is 4.04. The molecule has 0 atom stereocenters. The number of thiol groups is 1. The number of hydrogen-bond donors (Lipinski definition) is 2. The number of methoxy groups -OCH3 is 1. The molecule has 0 radical (unpaired) electrons. The van der Waals surface area contributed by atoms with E-state index in [9.17, 15) is 4.79 Å². The highest BCUT2D eigenvalue weighted by molar-refractivity contribution is 7.80. The van der Waals surface area contributed by atoms with Crippen molar-refractivity contribution < 1.29 is 9.53 Å². The number of carbonyl (C=O) groups is 1. The highest BCUT2D eigenvalue weighted by atomic mass is 32.1. The summed E-state index contributed by atoms with van der Waals surface area (Å²) in [6.45, 7) is 1.20. The van der Waals surface area contributed by atoms with Gasteiger partial charge in [0, 0.05) is 23.4 Å². The molecule has 0 aliphatic heterocycles. The molecule has 0 saturated carbocycles. The van der Waals surface area contributed by atoms with Gasteiger partial charge in [0.1, 0.15) is 5.75 Å². The average molecular weight is 341 g/mol. The fourth-order valence-corrected chi connectivity index (χ4v) is 2.73. The highest BCUT2D eigenvalue weighted by Crippen LogP contribution is 2.21. The molecule has 124 valence electrons. The highest BCUT2D eigenvalue weighted by Gasteiger charge is 2.10. The molecule has 3 rings (SSSR count). The quantitative estimate of drug-likeness (QED) is 0.678. The summed E-state index contributed by atoms with van der Waals surface area (Å²) in [5.74, 6) is 1.36. The number of para-hydroxylation sites is 1. The van der Waals surface area contributed by atoms with Crippen LogP contribution in [0.1, 0.15) is 15.9 Å². The Labute approximate surface area is 146 Å². The number of nitrogens with one attached hydrogen (secondary N) is 1. The molecule has 1 amide bonds. The van der Waals surface area contributed by atoms with Crippen molar-refractivity contribution in [3.05, 3.63) is 59.9 Å². The minimum absolute atomic E-state index is 0.106. The second-order valence-corrected chi connectivity index (χ2v) is 5.81. The van der Waals surface area contributed by atoms with Crippen LogP contribution in [0.15, 0.2) is 48.8 Å². The SMILES string of the molecule is COc1ccccc1Cn1cnc2cc(C(=O)NCCS)ccc21. The number of carbonyl (C=O) groups excluding carboxylic acids is 1. The van der Waals surface area contributed by atoms with Crippen molar-refractivity contribution in [1.29, 1.82) is 0 Å². The molecule has 1 heterocycles. The Kier molecular flexibility index (Phi) is 5.05. The Bertz CT molecular complexity index is 860. The zero-order valence-corrected chi connectivity index (χ0v) is 14.3. The number of benzene rings is 2. The van der Waals surface area contributed by atoms with Crippen molar-refractivity contribution in [2.75, 3.05) is 19.4 Å². The summed E-state index contributed by atoms with van der Waals surface area (Å²) in [6, 6.07) is 13.5. The smallest absolute Gasteiger partial charge is 0.251 e. The van der Waals surface area contributed by atoms with Crippen molar-refractivity contribution in [2.45, 2.75) is 6.54 Å². The van der Waals surface area contributed by atoms with E-state index >= 15 is 0 Å². The fourth-order valence-electron chi connectivity index (χ4n) is 2.62. The molecular weight excluding hydrogens is 322 g/mol. The molecule has 0 spiro atoms. The first kappa shape index (κ1) is 16.4. The zero-order valence-electron chi connectivity index (χ0n) is 13.4. The molecule has 0 aliphatic carbocycles. The lowest BCUT2D eigenvalue weighted by Crippen LogP contribution is -2.25. The lowest BCUT2D eigenvalue weighted by Gasteiger charge is -2.09. The number of aromatic nitrogens is 2. The zero-order chi connectivity index (χ0) is 16.9. The Morgan fingerprint density at radius 3 is 2.92 bits per heavy atom. The van der Waals surface area contributed by atoms with E-state index in [2.05, 4.69) is 22.9 Å². The van der Waals surface area contributed by atoms with Crippen LogP contribution >= 0.6 is 12.6 Å². The maximum absolute atomic E-state index is 12.0. The molecule has 1 N–H and O–H groups in total. The Balaban J connectivity index is 1.87. The molecule has 24 heavy (non-hydrogen) atoms. The van der Waals surface area contributed by atoms with Gasteiger partial charge in [-0.05, 0) is 24.3 Å². The first-order valence-electron chi connectivity index (χ1n) is 7.69. The van der Waals surface area contributed by atoms with Crippen LogP contribution in [0.2, 0.25) is 0 Å². The number of fused-ring (bicyclic) bond motifs is 1. The molecule has 2 aromatic carbocycles. The summed E-state index contributed by atoms with van der Waals surface area (Å²) in [5.41, 5.74) is 3.46. The van der Waals surface area contributed by atoms with Gasteiger partial charge in [-0.25, -0.2) is 4.98 Å². The number of nitrogens with zero attached hydrogens (tertiary/aromatic N) is 2. The first-order valence-corrected chi connectivity index (χ1v) is 8.32. The maximum atomic E-state index is 12.0. The molecule has 6 heteroatoms. The lowest BCUT2D eigenvalue weighted by atomic mass is 10.1. The molecule has 0 unspecified atom stereocenters. The van der Waals surface area contributed by atoms with Crippen molar-refractivity contribution in [3.63, 3.8) is 0 Å². The van der Waals surface area contributed by atoms with Crippen molar-refractivity contribution >= 4 is 29.6 Å². The van der Waals surface area contributed by atoms with Gasteiger partial charge in [0.05, 0.1) is 31.0 Å². The van der Waals surface area contributed by atoms with Gasteiger partial charge < -0.3 is 14.6 Å². The van der Waals surface area contributed by atoms with E-state index in [1.807, 2.05) is 47.0 Å². The Hall–Kier alpha value is -2.47. The second kappa shape index (κ2) is 7.40. The lowest BCUT2D eigenvalue weighted by molar-refractivity contribution is 0.0956. The maximum Gasteiger partial charge on any atom is 0.251 e. The minimum atomic E-state index is -0.106. The van der Waals surface area contributed by atoms with E-state index < -0.39 is 0 Å². The molecule has 5 nitrogen and oxygen atoms in total. The van der Waals surface area contributed by atoms with E-state index in [1.165, 1.54) is 0 Å². The van der Waals surface area contributed by atoms with Gasteiger partial charge in [-0.3, -0.25) is 4.79 Å². The molecular formula is C18H19N3O2S. The van der Waals surface area contributed by atoms with E-state index in [4.69, 9.17) is 4.74 Å². The van der Waals surface area contributed by atoms with Crippen LogP contribution in [0.5, 0.6) is 5.75 Å². The van der Waals surface area contributed by atoms with E-state index in [0.717, 1.165) is 22.3 Å². The third kappa shape index (κ3) is 3.38. The fraction of sp³-hybridized carbons (Fsp3) is 0.222. The summed E-state index contributed by atoms with van der Waals surface area (Å²) < 4.78 is 7.45. The molecule has 0 aliphatic rings. The predicted molar refractivity (Wildman–Crippen MR) is 98.0 cm³/mol. The van der Waals surface area contributed by atoms with Crippen LogP contribution in [-0.4, -0.2) is 34.9 Å². The van der Waals surface area contributed by atoms with Gasteiger partial charge in [-0.2, -0.15) is 12.6 Å². The summed E-state index contributed by atoms with van der Waals surface area (Å²) in [5, 5.41) is 2.81. The predicted octanol–water partition coefficient (Wildman–Crippen LogP) is 2.75. The van der Waals surface area contributed by atoms with E-state index in [1.54, 1.807) is 13.4 Å². The minimum Gasteiger partial charge on any atom is -0.496 e. The standard InChI is InChI=1S/C18H19N3O2S/c1-23-17-5-3-2-4-14(17)11-21-12-20-15-10-13(6-7-16(15)21)18(22)19-8-9-24/h2-7,10,12,24H,8-9,11H2,1H3,(H,19,22). The number of hydrogen-bond acceptors (Lipinski definition) is 4. The monoisotopic (exact) mass is 341 g/mol. The number of rotatable bonds is 6. The Morgan fingerprint density at radius 2 is 2.12 bits per heavy atom. The van der Waals surface area contributed by atoms with Gasteiger partial charge >= 0.3 is 0 Å². The molecule has 0 saturated heterocycles. The van der Waals surface area contributed by atoms with Crippen LogP contribution in [0.25, 0.3) is 11.0 Å². The van der Waals surface area contributed by atoms with Crippen LogP contribution in [0, 0.1) is 0 Å². The molecule has 3 aromatic rings. The summed E-state index contributed by atoms with van der Waals surface area (Å²) in [6.07, 6.45) is 1.78. The molecule has 0 bridgehead atoms. The second-order valence-electron chi connectivity index (χ2n) is 5.37. The molecule has 1 aromatic heterocycles. The van der Waals surface area contributed by atoms with Crippen LogP contribution in [-0.2, 0) is 6.54 Å². The van der Waals surface area contributed by atoms with Crippen LogP contribution < -0.4 is 10.1 Å². The van der Waals surface area contributed by atoms with Gasteiger partial charge in [-0.15, -0.1) is 0 Å². The Morgan fingerprint density at radius 1 is 1.29 bits per heavy atom. The largest absolute Gasteiger partial charge is 0.496 e. The molecule has 0 fully saturated rings. The van der Waals surface area contributed by atoms with Gasteiger partial charge in [-0.1, -0.05) is 18.2 Å². The van der Waals surface area contributed by atoms with Crippen molar-refractivity contribution in [3.8, 4) is 5.75 Å². The van der Waals surface area contributed by atoms with Crippen molar-refractivity contribution in [2.24, 2.45) is 0 Å². The number of imidazole rings is 1. The van der Waals surface area contributed by atoms with Crippen LogP contribution in [0.4, 0.5) is 0 Å².